The number of fused-ring (bicyclic) bond motifs is 1. The Hall–Kier alpha value is -4.29. The molecule has 0 saturated carbocycles. The first-order chi connectivity index (χ1) is 14.8. The van der Waals surface area contributed by atoms with Gasteiger partial charge in [0.05, 0.1) is 27.7 Å². The minimum atomic E-state index is -0.873. The number of benzene rings is 2. The van der Waals surface area contributed by atoms with E-state index in [0.717, 1.165) is 15.9 Å². The number of carbonyl (C=O) groups excluding carboxylic acids is 1. The van der Waals surface area contributed by atoms with Crippen LogP contribution in [0.25, 0.3) is 17.5 Å². The Labute approximate surface area is 179 Å². The largest absolute Gasteiger partial charge is 0.508 e. The van der Waals surface area contributed by atoms with Crippen LogP contribution >= 0.6 is 11.3 Å². The number of carbonyl (C=O) groups is 1. The number of hydrogen-bond acceptors (Lipinski definition) is 7. The number of hydrogen-bond donors (Lipinski definition) is 4. The smallest absolute Gasteiger partial charge is 0.274 e. The van der Waals surface area contributed by atoms with Gasteiger partial charge in [0.15, 0.2) is 0 Å². The maximum Gasteiger partial charge on any atom is 0.274 e. The standard InChI is InChI=1S/C22H16N4O4S/c23-10-15-17(12-3-7-14(28)8-4-12)18(20(25)29)22-26(19(15)24)21(30)16(31-22)9-11-1-5-13(27)6-2-11/h1-9,17,27-28H,24H2,(H2,25,29)/b16-9+/t17-/m1/s1. The lowest BCUT2D eigenvalue weighted by Crippen LogP contribution is -2.41. The van der Waals surface area contributed by atoms with Crippen molar-refractivity contribution in [1.82, 2.24) is 4.57 Å². The van der Waals surface area contributed by atoms with Gasteiger partial charge in [-0.15, -0.1) is 11.3 Å². The number of thiazole rings is 1. The van der Waals surface area contributed by atoms with Gasteiger partial charge in [0.1, 0.15) is 22.0 Å². The SMILES string of the molecule is N#CC1=C(N)n2c(s/c(=C/c3ccc(O)cc3)c2=O)=C(C(N)=O)[C@@H]1c1ccc(O)cc1. The van der Waals surface area contributed by atoms with Gasteiger partial charge in [-0.3, -0.25) is 14.2 Å². The van der Waals surface area contributed by atoms with Crippen LogP contribution in [0.1, 0.15) is 17.0 Å². The van der Waals surface area contributed by atoms with Crippen LogP contribution in [0.4, 0.5) is 0 Å². The van der Waals surface area contributed by atoms with Gasteiger partial charge in [-0.25, -0.2) is 0 Å². The van der Waals surface area contributed by atoms with Gasteiger partial charge in [0.25, 0.3) is 5.56 Å². The molecule has 3 aromatic rings. The van der Waals surface area contributed by atoms with Crippen LogP contribution in [-0.4, -0.2) is 20.7 Å². The molecule has 6 N–H and O–H groups in total. The number of phenolic OH excluding ortho intramolecular Hbond substituents is 2. The Morgan fingerprint density at radius 3 is 2.23 bits per heavy atom. The molecular formula is C22H16N4O4S. The molecule has 1 aliphatic heterocycles. The van der Waals surface area contributed by atoms with Crippen LogP contribution in [0.3, 0.4) is 0 Å². The fraction of sp³-hybridized carbons (Fsp3) is 0.0455. The highest BCUT2D eigenvalue weighted by Crippen LogP contribution is 2.36. The second kappa shape index (κ2) is 7.51. The molecule has 9 heteroatoms. The van der Waals surface area contributed by atoms with Crippen molar-refractivity contribution in [2.24, 2.45) is 11.5 Å². The third-order valence-electron chi connectivity index (χ3n) is 4.95. The second-order valence-corrected chi connectivity index (χ2v) is 7.89. The summed E-state index contributed by atoms with van der Waals surface area (Å²) < 4.78 is 1.66. The van der Waals surface area contributed by atoms with Crippen molar-refractivity contribution in [3.63, 3.8) is 0 Å². The van der Waals surface area contributed by atoms with Crippen molar-refractivity contribution in [1.29, 1.82) is 5.26 Å². The van der Waals surface area contributed by atoms with Gasteiger partial charge in [0, 0.05) is 0 Å². The van der Waals surface area contributed by atoms with E-state index in [-0.39, 0.29) is 37.7 Å². The number of nitrogens with zero attached hydrogens (tertiary/aromatic N) is 2. The normalized spacial score (nSPS) is 16.2. The summed E-state index contributed by atoms with van der Waals surface area (Å²) in [5.41, 5.74) is 12.7. The first-order valence-electron chi connectivity index (χ1n) is 9.07. The highest BCUT2D eigenvalue weighted by atomic mass is 32.1. The van der Waals surface area contributed by atoms with Gasteiger partial charge in [-0.05, 0) is 41.5 Å². The summed E-state index contributed by atoms with van der Waals surface area (Å²) in [5.74, 6) is -1.62. The van der Waals surface area contributed by atoms with Crippen molar-refractivity contribution in [3.8, 4) is 17.6 Å². The molecule has 2 aromatic carbocycles. The molecular weight excluding hydrogens is 416 g/mol. The third kappa shape index (κ3) is 3.35. The van der Waals surface area contributed by atoms with Crippen LogP contribution in [0.15, 0.2) is 58.9 Å². The quantitative estimate of drug-likeness (QED) is 0.464. The zero-order valence-corrected chi connectivity index (χ0v) is 16.8. The van der Waals surface area contributed by atoms with E-state index in [1.807, 2.05) is 6.07 Å². The van der Waals surface area contributed by atoms with Crippen molar-refractivity contribution in [2.45, 2.75) is 5.92 Å². The molecule has 154 valence electrons. The van der Waals surface area contributed by atoms with E-state index in [1.54, 1.807) is 30.3 Å². The number of aromatic hydroxyl groups is 2. The summed E-state index contributed by atoms with van der Waals surface area (Å²) in [4.78, 5) is 25.6. The molecule has 1 atom stereocenters. The van der Waals surface area contributed by atoms with Crippen molar-refractivity contribution >= 4 is 34.7 Å². The number of amides is 1. The Morgan fingerprint density at radius 2 is 1.68 bits per heavy atom. The summed E-state index contributed by atoms with van der Waals surface area (Å²) in [6, 6.07) is 14.2. The maximum atomic E-state index is 13.1. The Balaban J connectivity index is 2.07. The summed E-state index contributed by atoms with van der Waals surface area (Å²) in [6.45, 7) is 0. The average Bonchev–Trinajstić information content (AvgIpc) is 3.06. The van der Waals surface area contributed by atoms with Crippen LogP contribution < -0.4 is 26.2 Å². The summed E-state index contributed by atoms with van der Waals surface area (Å²) in [6.07, 6.45) is 1.60. The fourth-order valence-corrected chi connectivity index (χ4v) is 4.69. The van der Waals surface area contributed by atoms with Gasteiger partial charge >= 0.3 is 0 Å². The topological polar surface area (TPSA) is 155 Å². The first kappa shape index (κ1) is 20.0. The Kier molecular flexibility index (Phi) is 4.85. The Bertz CT molecular complexity index is 1460. The molecule has 1 aromatic heterocycles. The monoisotopic (exact) mass is 432 g/mol. The van der Waals surface area contributed by atoms with Gasteiger partial charge in [-0.2, -0.15) is 5.26 Å². The summed E-state index contributed by atoms with van der Waals surface area (Å²) >= 11 is 1.04. The van der Waals surface area contributed by atoms with Gasteiger partial charge in [0.2, 0.25) is 5.91 Å². The molecule has 31 heavy (non-hydrogen) atoms. The molecule has 8 nitrogen and oxygen atoms in total. The molecule has 0 unspecified atom stereocenters. The number of allylic oxidation sites excluding steroid dienone is 1. The van der Waals surface area contributed by atoms with Crippen molar-refractivity contribution in [2.75, 3.05) is 0 Å². The van der Waals surface area contributed by atoms with E-state index in [4.69, 9.17) is 11.5 Å². The average molecular weight is 432 g/mol. The lowest BCUT2D eigenvalue weighted by molar-refractivity contribution is -0.113. The number of nitriles is 1. The number of rotatable bonds is 3. The van der Waals surface area contributed by atoms with Crippen LogP contribution in [0.2, 0.25) is 0 Å². The molecule has 0 spiro atoms. The molecule has 0 radical (unpaired) electrons. The summed E-state index contributed by atoms with van der Waals surface area (Å²) in [7, 11) is 0. The van der Waals surface area contributed by atoms with Crippen LogP contribution in [0, 0.1) is 11.3 Å². The van der Waals surface area contributed by atoms with Crippen molar-refractivity contribution < 1.29 is 15.0 Å². The molecule has 0 saturated heterocycles. The number of aromatic nitrogens is 1. The highest BCUT2D eigenvalue weighted by Gasteiger charge is 2.34. The molecule has 1 amide bonds. The van der Waals surface area contributed by atoms with Gasteiger partial charge < -0.3 is 21.7 Å². The molecule has 2 heterocycles. The molecule has 0 fully saturated rings. The Morgan fingerprint density at radius 1 is 1.10 bits per heavy atom. The predicted octanol–water partition coefficient (Wildman–Crippen LogP) is 0.234. The van der Waals surface area contributed by atoms with E-state index in [2.05, 4.69) is 0 Å². The van der Waals surface area contributed by atoms with E-state index < -0.39 is 17.4 Å². The van der Waals surface area contributed by atoms with Crippen LogP contribution in [0.5, 0.6) is 11.5 Å². The molecule has 0 bridgehead atoms. The van der Waals surface area contributed by atoms with E-state index in [1.165, 1.54) is 24.3 Å². The second-order valence-electron chi connectivity index (χ2n) is 6.86. The van der Waals surface area contributed by atoms with Crippen molar-refractivity contribution in [3.05, 3.63) is 84.8 Å². The first-order valence-corrected chi connectivity index (χ1v) is 9.89. The number of phenols is 2. The highest BCUT2D eigenvalue weighted by molar-refractivity contribution is 7.07. The zero-order chi connectivity index (χ0) is 22.3. The zero-order valence-electron chi connectivity index (χ0n) is 15.9. The number of primary amides is 1. The van der Waals surface area contributed by atoms with Gasteiger partial charge in [-0.1, -0.05) is 24.3 Å². The van der Waals surface area contributed by atoms with Crippen LogP contribution in [-0.2, 0) is 4.79 Å². The van der Waals surface area contributed by atoms with E-state index >= 15 is 0 Å². The minimum absolute atomic E-state index is 0.0167. The fourth-order valence-electron chi connectivity index (χ4n) is 3.51. The third-order valence-corrected chi connectivity index (χ3v) is 6.06. The lowest BCUT2D eigenvalue weighted by atomic mass is 9.83. The summed E-state index contributed by atoms with van der Waals surface area (Å²) in [5, 5.41) is 28.8. The predicted molar refractivity (Wildman–Crippen MR) is 116 cm³/mol. The molecule has 4 rings (SSSR count). The lowest BCUT2D eigenvalue weighted by Gasteiger charge is -2.24. The number of nitrogens with two attached hydrogens (primary N) is 2. The maximum absolute atomic E-state index is 13.1. The minimum Gasteiger partial charge on any atom is -0.508 e. The molecule has 1 aliphatic rings. The van der Waals surface area contributed by atoms with E-state index in [9.17, 15) is 25.1 Å². The van der Waals surface area contributed by atoms with E-state index in [0.29, 0.717) is 11.1 Å². The molecule has 0 aliphatic carbocycles.